The van der Waals surface area contributed by atoms with Gasteiger partial charge in [0.25, 0.3) is 5.91 Å². The minimum absolute atomic E-state index is 0.251. The average molecular weight is 355 g/mol. The molecule has 3 rings (SSSR count). The predicted octanol–water partition coefficient (Wildman–Crippen LogP) is 3.50. The Morgan fingerprint density at radius 2 is 1.73 bits per heavy atom. The first kappa shape index (κ1) is 17.5. The van der Waals surface area contributed by atoms with E-state index in [2.05, 4.69) is 10.4 Å². The molecule has 6 nitrogen and oxygen atoms in total. The van der Waals surface area contributed by atoms with Crippen LogP contribution in [0.2, 0.25) is 0 Å². The number of aryl methyl sites for hydroxylation is 1. The van der Waals surface area contributed by atoms with Gasteiger partial charge in [0.2, 0.25) is 0 Å². The Morgan fingerprint density at radius 1 is 1.04 bits per heavy atom. The number of rotatable bonds is 5. The minimum atomic E-state index is -0.360. The second kappa shape index (κ2) is 7.26. The fourth-order valence-corrected chi connectivity index (χ4v) is 2.58. The summed E-state index contributed by atoms with van der Waals surface area (Å²) in [5.74, 6) is 0.406. The largest absolute Gasteiger partial charge is 0.493 e. The van der Waals surface area contributed by atoms with E-state index in [4.69, 9.17) is 9.47 Å². The van der Waals surface area contributed by atoms with E-state index in [1.165, 1.54) is 19.2 Å². The summed E-state index contributed by atoms with van der Waals surface area (Å²) in [6.07, 6.45) is 0. The van der Waals surface area contributed by atoms with Crippen LogP contribution in [0.5, 0.6) is 11.5 Å². The van der Waals surface area contributed by atoms with E-state index in [1.54, 1.807) is 55.2 Å². The van der Waals surface area contributed by atoms with Crippen LogP contribution >= 0.6 is 0 Å². The molecule has 1 heterocycles. The number of carbonyl (C=O) groups excluding carboxylic acids is 1. The zero-order valence-electron chi connectivity index (χ0n) is 14.6. The molecule has 0 aliphatic rings. The van der Waals surface area contributed by atoms with Crippen molar-refractivity contribution in [3.05, 3.63) is 60.0 Å². The van der Waals surface area contributed by atoms with Gasteiger partial charge in [-0.15, -0.1) is 0 Å². The van der Waals surface area contributed by atoms with Crippen LogP contribution in [-0.2, 0) is 7.05 Å². The third-order valence-corrected chi connectivity index (χ3v) is 3.89. The number of nitrogens with one attached hydrogen (secondary N) is 1. The number of nitrogens with zero attached hydrogens (tertiary/aromatic N) is 2. The van der Waals surface area contributed by atoms with Crippen LogP contribution < -0.4 is 14.8 Å². The Bertz CT molecular complexity index is 936. The summed E-state index contributed by atoms with van der Waals surface area (Å²) in [7, 11) is 4.80. The van der Waals surface area contributed by atoms with Crippen molar-refractivity contribution in [2.75, 3.05) is 19.5 Å². The Hall–Kier alpha value is -3.35. The summed E-state index contributed by atoms with van der Waals surface area (Å²) in [6, 6.07) is 12.8. The van der Waals surface area contributed by atoms with Gasteiger partial charge in [-0.1, -0.05) is 0 Å². The lowest BCUT2D eigenvalue weighted by Gasteiger charge is -2.09. The Morgan fingerprint density at radius 3 is 2.38 bits per heavy atom. The molecule has 0 radical (unpaired) electrons. The third-order valence-electron chi connectivity index (χ3n) is 3.89. The summed E-state index contributed by atoms with van der Waals surface area (Å²) in [5.41, 5.74) is 2.29. The second-order valence-electron chi connectivity index (χ2n) is 5.57. The molecule has 0 fully saturated rings. The van der Waals surface area contributed by atoms with Crippen molar-refractivity contribution in [3.63, 3.8) is 0 Å². The van der Waals surface area contributed by atoms with Gasteiger partial charge in [-0.2, -0.15) is 5.10 Å². The standard InChI is InChI=1S/C19H18FN3O3/c1-23-16(12-4-6-13(20)7-5-12)11-15(22-23)19(24)21-14-8-9-17(25-2)18(10-14)26-3/h4-11H,1-3H3,(H,21,24). The predicted molar refractivity (Wildman–Crippen MR) is 96.1 cm³/mol. The molecule has 0 spiro atoms. The summed E-state index contributed by atoms with van der Waals surface area (Å²) in [5, 5.41) is 7.01. The van der Waals surface area contributed by atoms with Crippen LogP contribution in [0.4, 0.5) is 10.1 Å². The maximum absolute atomic E-state index is 13.1. The first-order chi connectivity index (χ1) is 12.5. The first-order valence-corrected chi connectivity index (χ1v) is 7.85. The highest BCUT2D eigenvalue weighted by Gasteiger charge is 2.15. The lowest BCUT2D eigenvalue weighted by Crippen LogP contribution is -2.13. The molecule has 1 N–H and O–H groups in total. The number of hydrogen-bond donors (Lipinski definition) is 1. The Labute approximate surface area is 150 Å². The quantitative estimate of drug-likeness (QED) is 0.761. The van der Waals surface area contributed by atoms with Crippen LogP contribution in [0.15, 0.2) is 48.5 Å². The maximum atomic E-state index is 13.1. The number of hydrogen-bond acceptors (Lipinski definition) is 4. The summed E-state index contributed by atoms with van der Waals surface area (Å²) < 4.78 is 25.1. The molecule has 1 amide bonds. The highest BCUT2D eigenvalue weighted by Crippen LogP contribution is 2.30. The zero-order chi connectivity index (χ0) is 18.7. The van der Waals surface area contributed by atoms with Gasteiger partial charge in [0.1, 0.15) is 5.82 Å². The number of methoxy groups -OCH3 is 2. The molecule has 0 saturated carbocycles. The van der Waals surface area contributed by atoms with E-state index in [1.807, 2.05) is 0 Å². The lowest BCUT2D eigenvalue weighted by molar-refractivity contribution is 0.102. The minimum Gasteiger partial charge on any atom is -0.493 e. The van der Waals surface area contributed by atoms with Crippen molar-refractivity contribution in [1.29, 1.82) is 0 Å². The molecule has 0 saturated heterocycles. The number of anilines is 1. The van der Waals surface area contributed by atoms with E-state index in [0.717, 1.165) is 5.56 Å². The van der Waals surface area contributed by atoms with Crippen molar-refractivity contribution in [2.24, 2.45) is 7.05 Å². The smallest absolute Gasteiger partial charge is 0.276 e. The van der Waals surface area contributed by atoms with E-state index in [9.17, 15) is 9.18 Å². The van der Waals surface area contributed by atoms with Crippen LogP contribution in [0.1, 0.15) is 10.5 Å². The Balaban J connectivity index is 1.83. The topological polar surface area (TPSA) is 65.4 Å². The van der Waals surface area contributed by atoms with Crippen molar-refractivity contribution in [2.45, 2.75) is 0 Å². The normalized spacial score (nSPS) is 10.5. The van der Waals surface area contributed by atoms with Gasteiger partial charge in [-0.3, -0.25) is 9.48 Å². The lowest BCUT2D eigenvalue weighted by atomic mass is 10.1. The molecule has 0 bridgehead atoms. The molecule has 26 heavy (non-hydrogen) atoms. The number of halogens is 1. The molecule has 2 aromatic carbocycles. The van der Waals surface area contributed by atoms with Gasteiger partial charge < -0.3 is 14.8 Å². The van der Waals surface area contributed by atoms with Gasteiger partial charge >= 0.3 is 0 Å². The third kappa shape index (κ3) is 3.51. The number of amides is 1. The average Bonchev–Trinajstić information content (AvgIpc) is 3.04. The first-order valence-electron chi connectivity index (χ1n) is 7.85. The number of carbonyl (C=O) groups is 1. The molecule has 0 unspecified atom stereocenters. The monoisotopic (exact) mass is 355 g/mol. The summed E-state index contributed by atoms with van der Waals surface area (Å²) in [6.45, 7) is 0. The summed E-state index contributed by atoms with van der Waals surface area (Å²) in [4.78, 5) is 12.5. The molecule has 3 aromatic rings. The highest BCUT2D eigenvalue weighted by atomic mass is 19.1. The molecule has 0 aliphatic heterocycles. The molecule has 7 heteroatoms. The fourth-order valence-electron chi connectivity index (χ4n) is 2.58. The molecule has 134 valence electrons. The number of benzene rings is 2. The fraction of sp³-hybridized carbons (Fsp3) is 0.158. The van der Waals surface area contributed by atoms with Crippen molar-refractivity contribution in [3.8, 4) is 22.8 Å². The van der Waals surface area contributed by atoms with Crippen LogP contribution in [-0.4, -0.2) is 29.9 Å². The van der Waals surface area contributed by atoms with Crippen molar-refractivity contribution >= 4 is 11.6 Å². The van der Waals surface area contributed by atoms with Gasteiger partial charge in [0, 0.05) is 18.8 Å². The van der Waals surface area contributed by atoms with Gasteiger partial charge in [0.05, 0.1) is 19.9 Å². The molecule has 0 atom stereocenters. The van der Waals surface area contributed by atoms with E-state index in [-0.39, 0.29) is 17.4 Å². The van der Waals surface area contributed by atoms with E-state index >= 15 is 0 Å². The SMILES string of the molecule is COc1ccc(NC(=O)c2cc(-c3ccc(F)cc3)n(C)n2)cc1OC. The van der Waals surface area contributed by atoms with E-state index in [0.29, 0.717) is 22.9 Å². The zero-order valence-corrected chi connectivity index (χ0v) is 14.6. The number of ether oxygens (including phenoxy) is 2. The molecule has 1 aromatic heterocycles. The van der Waals surface area contributed by atoms with Crippen molar-refractivity contribution in [1.82, 2.24) is 9.78 Å². The van der Waals surface area contributed by atoms with Crippen molar-refractivity contribution < 1.29 is 18.7 Å². The second-order valence-corrected chi connectivity index (χ2v) is 5.57. The van der Waals surface area contributed by atoms with Crippen LogP contribution in [0, 0.1) is 5.82 Å². The van der Waals surface area contributed by atoms with Crippen LogP contribution in [0.25, 0.3) is 11.3 Å². The van der Waals surface area contributed by atoms with E-state index < -0.39 is 0 Å². The molecular formula is C19H18FN3O3. The summed E-state index contributed by atoms with van der Waals surface area (Å²) >= 11 is 0. The molecule has 0 aliphatic carbocycles. The molecular weight excluding hydrogens is 337 g/mol. The van der Waals surface area contributed by atoms with Gasteiger partial charge in [0.15, 0.2) is 17.2 Å². The maximum Gasteiger partial charge on any atom is 0.276 e. The van der Waals surface area contributed by atoms with Gasteiger partial charge in [-0.25, -0.2) is 4.39 Å². The van der Waals surface area contributed by atoms with Crippen LogP contribution in [0.3, 0.4) is 0 Å². The van der Waals surface area contributed by atoms with Gasteiger partial charge in [-0.05, 0) is 48.0 Å². The Kier molecular flexibility index (Phi) is 4.88. The number of aromatic nitrogens is 2. The highest BCUT2D eigenvalue weighted by molar-refractivity contribution is 6.03.